The first-order valence-electron chi connectivity index (χ1n) is 9.83. The lowest BCUT2D eigenvalue weighted by atomic mass is 10.0. The first-order chi connectivity index (χ1) is 14.1. The maximum absolute atomic E-state index is 12.7. The fourth-order valence-corrected chi connectivity index (χ4v) is 3.71. The van der Waals surface area contributed by atoms with Crippen LogP contribution in [0.5, 0.6) is 5.75 Å². The van der Waals surface area contributed by atoms with Crippen molar-refractivity contribution < 1.29 is 14.3 Å². The fourth-order valence-electron chi connectivity index (χ4n) is 3.71. The van der Waals surface area contributed by atoms with Crippen LogP contribution in [0.25, 0.3) is 10.8 Å². The first-order valence-corrected chi connectivity index (χ1v) is 9.83. The number of hydrogen-bond acceptors (Lipinski definition) is 3. The second-order valence-corrected chi connectivity index (χ2v) is 7.26. The molecule has 5 heteroatoms. The molecule has 3 aromatic rings. The molecule has 0 N–H and O–H groups in total. The number of hydrogen-bond donors (Lipinski definition) is 0. The quantitative estimate of drug-likeness (QED) is 0.689. The third kappa shape index (κ3) is 4.24. The van der Waals surface area contributed by atoms with Gasteiger partial charge in [-0.1, -0.05) is 42.5 Å². The average molecular weight is 388 g/mol. The molecular weight excluding hydrogens is 364 g/mol. The zero-order valence-corrected chi connectivity index (χ0v) is 16.5. The zero-order valence-electron chi connectivity index (χ0n) is 16.5. The monoisotopic (exact) mass is 388 g/mol. The lowest BCUT2D eigenvalue weighted by Gasteiger charge is -2.35. The van der Waals surface area contributed by atoms with Crippen LogP contribution in [-0.2, 0) is 11.2 Å². The number of carbonyl (C=O) groups excluding carboxylic acids is 2. The molecule has 3 aromatic carbocycles. The molecule has 148 valence electrons. The Balaban J connectivity index is 1.34. The van der Waals surface area contributed by atoms with Gasteiger partial charge in [-0.25, -0.2) is 0 Å². The molecule has 1 fully saturated rings. The van der Waals surface area contributed by atoms with Gasteiger partial charge in [0.15, 0.2) is 0 Å². The van der Waals surface area contributed by atoms with E-state index in [4.69, 9.17) is 4.74 Å². The molecule has 0 unspecified atom stereocenters. The molecule has 0 spiro atoms. The molecule has 1 aliphatic rings. The van der Waals surface area contributed by atoms with Crippen molar-refractivity contribution in [3.8, 4) is 5.75 Å². The Hall–Kier alpha value is -3.34. The minimum absolute atomic E-state index is 0.00530. The van der Waals surface area contributed by atoms with Crippen molar-refractivity contribution in [2.75, 3.05) is 33.3 Å². The van der Waals surface area contributed by atoms with Gasteiger partial charge in [-0.3, -0.25) is 9.59 Å². The van der Waals surface area contributed by atoms with Gasteiger partial charge in [0, 0.05) is 31.7 Å². The lowest BCUT2D eigenvalue weighted by molar-refractivity contribution is -0.131. The van der Waals surface area contributed by atoms with Gasteiger partial charge in [0.2, 0.25) is 5.91 Å². The standard InChI is InChI=1S/C24H24N2O3/c1-29-22-10-8-20(9-11-22)24(28)26-14-12-25(13-15-26)23(27)17-18-6-7-19-4-2-3-5-21(19)16-18/h2-11,16H,12-15,17H2,1H3. The topological polar surface area (TPSA) is 49.9 Å². The van der Waals surface area contributed by atoms with E-state index in [2.05, 4.69) is 24.3 Å². The Morgan fingerprint density at radius 1 is 0.828 bits per heavy atom. The Labute approximate surface area is 170 Å². The summed E-state index contributed by atoms with van der Waals surface area (Å²) in [6.07, 6.45) is 0.386. The van der Waals surface area contributed by atoms with Crippen molar-refractivity contribution in [3.05, 3.63) is 77.9 Å². The number of carbonyl (C=O) groups is 2. The second kappa shape index (κ2) is 8.35. The summed E-state index contributed by atoms with van der Waals surface area (Å²) in [7, 11) is 1.60. The zero-order chi connectivity index (χ0) is 20.2. The van der Waals surface area contributed by atoms with Gasteiger partial charge >= 0.3 is 0 Å². The van der Waals surface area contributed by atoms with Crippen molar-refractivity contribution >= 4 is 22.6 Å². The average Bonchev–Trinajstić information content (AvgIpc) is 2.78. The second-order valence-electron chi connectivity index (χ2n) is 7.26. The van der Waals surface area contributed by atoms with Crippen molar-refractivity contribution in [1.82, 2.24) is 9.80 Å². The van der Waals surface area contributed by atoms with Crippen molar-refractivity contribution in [2.45, 2.75) is 6.42 Å². The summed E-state index contributed by atoms with van der Waals surface area (Å²) in [5.74, 6) is 0.830. The molecule has 0 aliphatic carbocycles. The van der Waals surface area contributed by atoms with Crippen LogP contribution in [-0.4, -0.2) is 54.9 Å². The van der Waals surface area contributed by atoms with Crippen LogP contribution in [0.3, 0.4) is 0 Å². The highest BCUT2D eigenvalue weighted by Crippen LogP contribution is 2.18. The Bertz CT molecular complexity index is 1020. The highest BCUT2D eigenvalue weighted by atomic mass is 16.5. The van der Waals surface area contributed by atoms with E-state index >= 15 is 0 Å². The molecule has 29 heavy (non-hydrogen) atoms. The molecule has 5 nitrogen and oxygen atoms in total. The third-order valence-electron chi connectivity index (χ3n) is 5.43. The van der Waals surface area contributed by atoms with Gasteiger partial charge in [-0.2, -0.15) is 0 Å². The molecule has 0 bridgehead atoms. The number of fused-ring (bicyclic) bond motifs is 1. The minimum Gasteiger partial charge on any atom is -0.497 e. The van der Waals surface area contributed by atoms with E-state index in [0.717, 1.165) is 16.7 Å². The van der Waals surface area contributed by atoms with Gasteiger partial charge < -0.3 is 14.5 Å². The van der Waals surface area contributed by atoms with Gasteiger partial charge in [0.1, 0.15) is 5.75 Å². The molecule has 0 aromatic heterocycles. The Kier molecular flexibility index (Phi) is 5.47. The highest BCUT2D eigenvalue weighted by molar-refractivity contribution is 5.94. The SMILES string of the molecule is COc1ccc(C(=O)N2CCN(C(=O)Cc3ccc4ccccc4c3)CC2)cc1. The molecule has 1 heterocycles. The van der Waals surface area contributed by atoms with Crippen LogP contribution in [0.15, 0.2) is 66.7 Å². The lowest BCUT2D eigenvalue weighted by Crippen LogP contribution is -2.51. The fraction of sp³-hybridized carbons (Fsp3) is 0.250. The number of amides is 2. The molecule has 0 radical (unpaired) electrons. The van der Waals surface area contributed by atoms with Crippen LogP contribution in [0, 0.1) is 0 Å². The van der Waals surface area contributed by atoms with E-state index in [1.807, 2.05) is 28.0 Å². The summed E-state index contributed by atoms with van der Waals surface area (Å²) < 4.78 is 5.14. The maximum atomic E-state index is 12.7. The largest absolute Gasteiger partial charge is 0.497 e. The number of methoxy groups -OCH3 is 1. The predicted molar refractivity (Wildman–Crippen MR) is 113 cm³/mol. The number of benzene rings is 3. The van der Waals surface area contributed by atoms with Gasteiger partial charge in [0.25, 0.3) is 5.91 Å². The smallest absolute Gasteiger partial charge is 0.253 e. The molecule has 1 saturated heterocycles. The maximum Gasteiger partial charge on any atom is 0.253 e. The predicted octanol–water partition coefficient (Wildman–Crippen LogP) is 3.38. The highest BCUT2D eigenvalue weighted by Gasteiger charge is 2.24. The van der Waals surface area contributed by atoms with Crippen LogP contribution in [0.1, 0.15) is 15.9 Å². The minimum atomic E-state index is -0.00530. The molecular formula is C24H24N2O3. The van der Waals surface area contributed by atoms with Crippen LogP contribution in [0.2, 0.25) is 0 Å². The Morgan fingerprint density at radius 2 is 1.48 bits per heavy atom. The molecule has 4 rings (SSSR count). The molecule has 0 saturated carbocycles. The van der Waals surface area contributed by atoms with E-state index in [1.165, 1.54) is 5.39 Å². The number of ether oxygens (including phenoxy) is 1. The molecule has 2 amide bonds. The summed E-state index contributed by atoms with van der Waals surface area (Å²) in [4.78, 5) is 29.1. The van der Waals surface area contributed by atoms with Gasteiger partial charge in [-0.15, -0.1) is 0 Å². The van der Waals surface area contributed by atoms with Crippen LogP contribution in [0.4, 0.5) is 0 Å². The number of rotatable bonds is 4. The van der Waals surface area contributed by atoms with Crippen LogP contribution < -0.4 is 4.74 Å². The van der Waals surface area contributed by atoms with Crippen LogP contribution >= 0.6 is 0 Å². The summed E-state index contributed by atoms with van der Waals surface area (Å²) in [5, 5.41) is 2.32. The third-order valence-corrected chi connectivity index (χ3v) is 5.43. The Morgan fingerprint density at radius 3 is 2.17 bits per heavy atom. The number of nitrogens with zero attached hydrogens (tertiary/aromatic N) is 2. The molecule has 0 atom stereocenters. The summed E-state index contributed by atoms with van der Waals surface area (Å²) >= 11 is 0. The summed E-state index contributed by atoms with van der Waals surface area (Å²) in [6.45, 7) is 2.23. The molecule has 1 aliphatic heterocycles. The van der Waals surface area contributed by atoms with E-state index in [-0.39, 0.29) is 11.8 Å². The normalized spacial score (nSPS) is 14.1. The summed E-state index contributed by atoms with van der Waals surface area (Å²) in [5.41, 5.74) is 1.66. The van der Waals surface area contributed by atoms with Crippen molar-refractivity contribution in [3.63, 3.8) is 0 Å². The summed E-state index contributed by atoms with van der Waals surface area (Å²) in [6, 6.07) is 21.4. The van der Waals surface area contributed by atoms with E-state index in [0.29, 0.717) is 38.2 Å². The first kappa shape index (κ1) is 19.0. The van der Waals surface area contributed by atoms with Crippen molar-refractivity contribution in [2.24, 2.45) is 0 Å². The van der Waals surface area contributed by atoms with Gasteiger partial charge in [-0.05, 0) is 40.6 Å². The number of piperazine rings is 1. The van der Waals surface area contributed by atoms with Gasteiger partial charge in [0.05, 0.1) is 13.5 Å². The van der Waals surface area contributed by atoms with E-state index in [1.54, 1.807) is 31.4 Å². The van der Waals surface area contributed by atoms with E-state index in [9.17, 15) is 9.59 Å². The van der Waals surface area contributed by atoms with E-state index < -0.39 is 0 Å². The van der Waals surface area contributed by atoms with Crippen molar-refractivity contribution in [1.29, 1.82) is 0 Å².